The molecule has 0 atom stereocenters. The molecule has 29 heavy (non-hydrogen) atoms. The maximum Gasteiger partial charge on any atom is 0.238 e. The van der Waals surface area contributed by atoms with Gasteiger partial charge in [-0.25, -0.2) is 13.2 Å². The van der Waals surface area contributed by atoms with Gasteiger partial charge in [0, 0.05) is 13.0 Å². The Morgan fingerprint density at radius 2 is 1.62 bits per heavy atom. The lowest BCUT2D eigenvalue weighted by Gasteiger charge is -2.21. The predicted molar refractivity (Wildman–Crippen MR) is 106 cm³/mol. The zero-order valence-corrected chi connectivity index (χ0v) is 16.5. The second kappa shape index (κ2) is 10.8. The van der Waals surface area contributed by atoms with E-state index in [0.717, 1.165) is 18.6 Å². The molecular weight excluding hydrogens is 407 g/mol. The van der Waals surface area contributed by atoms with Gasteiger partial charge >= 0.3 is 0 Å². The molecule has 0 aliphatic heterocycles. The molecule has 2 aromatic rings. The maximum atomic E-state index is 13.7. The first-order valence-electron chi connectivity index (χ1n) is 9.02. The molecule has 2 N–H and O–H groups in total. The van der Waals surface area contributed by atoms with Gasteiger partial charge in [0.05, 0.1) is 22.9 Å². The molecule has 2 aromatic carbocycles. The van der Waals surface area contributed by atoms with Crippen LogP contribution < -0.4 is 10.6 Å². The highest BCUT2D eigenvalue weighted by Gasteiger charge is 2.17. The summed E-state index contributed by atoms with van der Waals surface area (Å²) in [5.41, 5.74) is 0.0505. The lowest BCUT2D eigenvalue weighted by atomic mass is 10.2. The number of amides is 2. The van der Waals surface area contributed by atoms with Crippen LogP contribution >= 0.6 is 11.6 Å². The van der Waals surface area contributed by atoms with E-state index in [0.29, 0.717) is 17.3 Å². The van der Waals surface area contributed by atoms with E-state index in [4.69, 9.17) is 11.6 Å². The van der Waals surface area contributed by atoms with Crippen LogP contribution in [0.5, 0.6) is 0 Å². The van der Waals surface area contributed by atoms with Gasteiger partial charge in [0.1, 0.15) is 0 Å². The fraction of sp³-hybridized carbons (Fsp3) is 0.300. The summed E-state index contributed by atoms with van der Waals surface area (Å²) in [5.74, 6) is -5.32. The molecule has 0 aliphatic carbocycles. The first-order chi connectivity index (χ1) is 13.8. The highest BCUT2D eigenvalue weighted by Crippen LogP contribution is 2.21. The second-order valence-electron chi connectivity index (χ2n) is 6.33. The van der Waals surface area contributed by atoms with Crippen LogP contribution in [-0.4, -0.2) is 36.3 Å². The number of para-hydroxylation sites is 1. The molecule has 0 spiro atoms. The molecule has 0 saturated carbocycles. The van der Waals surface area contributed by atoms with E-state index in [2.05, 4.69) is 10.6 Å². The van der Waals surface area contributed by atoms with Gasteiger partial charge in [-0.3, -0.25) is 14.5 Å². The fourth-order valence-corrected chi connectivity index (χ4v) is 2.82. The molecule has 0 radical (unpaired) electrons. The van der Waals surface area contributed by atoms with Gasteiger partial charge in [-0.15, -0.1) is 0 Å². The number of nitrogens with zero attached hydrogens (tertiary/aromatic N) is 1. The number of carbonyl (C=O) groups is 2. The van der Waals surface area contributed by atoms with Gasteiger partial charge in [0.2, 0.25) is 11.8 Å². The van der Waals surface area contributed by atoms with E-state index < -0.39 is 29.0 Å². The molecule has 0 heterocycles. The number of carbonyl (C=O) groups excluding carboxylic acids is 2. The average molecular weight is 428 g/mol. The van der Waals surface area contributed by atoms with E-state index >= 15 is 0 Å². The minimum Gasteiger partial charge on any atom is -0.325 e. The van der Waals surface area contributed by atoms with Crippen LogP contribution in [0.4, 0.5) is 24.5 Å². The van der Waals surface area contributed by atoms with Crippen molar-refractivity contribution in [1.29, 1.82) is 0 Å². The van der Waals surface area contributed by atoms with Crippen LogP contribution in [0.25, 0.3) is 0 Å². The molecule has 0 fully saturated rings. The summed E-state index contributed by atoms with van der Waals surface area (Å²) >= 11 is 6.00. The monoisotopic (exact) mass is 427 g/mol. The Balaban J connectivity index is 1.90. The third kappa shape index (κ3) is 6.76. The van der Waals surface area contributed by atoms with E-state index in [1.165, 1.54) is 0 Å². The highest BCUT2D eigenvalue weighted by molar-refractivity contribution is 6.33. The third-order valence-corrected chi connectivity index (χ3v) is 4.35. The summed E-state index contributed by atoms with van der Waals surface area (Å²) in [6.45, 7) is 2.57. The molecule has 0 aromatic heterocycles. The SMILES string of the molecule is CCCN(CCC(=O)Nc1ccccc1Cl)CC(=O)Nc1ccc(F)c(F)c1F. The van der Waals surface area contributed by atoms with Crippen molar-refractivity contribution in [3.63, 3.8) is 0 Å². The maximum absolute atomic E-state index is 13.7. The van der Waals surface area contributed by atoms with Crippen LogP contribution in [-0.2, 0) is 9.59 Å². The molecular formula is C20H21ClF3N3O2. The van der Waals surface area contributed by atoms with Crippen molar-refractivity contribution in [3.8, 4) is 0 Å². The fourth-order valence-electron chi connectivity index (χ4n) is 2.64. The van der Waals surface area contributed by atoms with Gasteiger partial charge in [-0.2, -0.15) is 0 Å². The predicted octanol–water partition coefficient (Wildman–Crippen LogP) is 4.44. The number of rotatable bonds is 9. The molecule has 156 valence electrons. The van der Waals surface area contributed by atoms with Crippen molar-refractivity contribution in [2.45, 2.75) is 19.8 Å². The van der Waals surface area contributed by atoms with Gasteiger partial charge in [0.25, 0.3) is 0 Å². The van der Waals surface area contributed by atoms with E-state index in [1.54, 1.807) is 29.2 Å². The lowest BCUT2D eigenvalue weighted by Crippen LogP contribution is -2.36. The Morgan fingerprint density at radius 3 is 2.31 bits per heavy atom. The number of nitrogens with one attached hydrogen (secondary N) is 2. The Morgan fingerprint density at radius 1 is 0.931 bits per heavy atom. The molecule has 9 heteroatoms. The van der Waals surface area contributed by atoms with E-state index in [1.807, 2.05) is 6.92 Å². The highest BCUT2D eigenvalue weighted by atomic mass is 35.5. The molecule has 0 aliphatic rings. The molecule has 5 nitrogen and oxygen atoms in total. The van der Waals surface area contributed by atoms with Crippen molar-refractivity contribution in [3.05, 3.63) is 58.9 Å². The second-order valence-corrected chi connectivity index (χ2v) is 6.73. The topological polar surface area (TPSA) is 61.4 Å². The first-order valence-corrected chi connectivity index (χ1v) is 9.39. The normalized spacial score (nSPS) is 10.8. The number of halogens is 4. The summed E-state index contributed by atoms with van der Waals surface area (Å²) in [6.07, 6.45) is 0.830. The number of hydrogen-bond acceptors (Lipinski definition) is 3. The van der Waals surface area contributed by atoms with Crippen LogP contribution in [0, 0.1) is 17.5 Å². The zero-order valence-electron chi connectivity index (χ0n) is 15.8. The number of benzene rings is 2. The van der Waals surface area contributed by atoms with Crippen LogP contribution in [0.2, 0.25) is 5.02 Å². The largest absolute Gasteiger partial charge is 0.325 e. The first kappa shape index (κ1) is 22.7. The number of hydrogen-bond donors (Lipinski definition) is 2. The van der Waals surface area contributed by atoms with Gasteiger partial charge in [0.15, 0.2) is 17.5 Å². The molecule has 2 rings (SSSR count). The quantitative estimate of drug-likeness (QED) is 0.582. The lowest BCUT2D eigenvalue weighted by molar-refractivity contribution is -0.119. The Kier molecular flexibility index (Phi) is 8.48. The Hall–Kier alpha value is -2.58. The third-order valence-electron chi connectivity index (χ3n) is 4.02. The standard InChI is InChI=1S/C20H21ClF3N3O2/c1-2-10-27(11-9-17(28)25-15-6-4-3-5-13(15)21)12-18(29)26-16-8-7-14(22)19(23)20(16)24/h3-8H,2,9-12H2,1H3,(H,25,28)(H,26,29). The summed E-state index contributed by atoms with van der Waals surface area (Å²) in [7, 11) is 0. The minimum atomic E-state index is -1.65. The van der Waals surface area contributed by atoms with Crippen LogP contribution in [0.1, 0.15) is 19.8 Å². The average Bonchev–Trinajstić information content (AvgIpc) is 2.68. The van der Waals surface area contributed by atoms with Crippen molar-refractivity contribution in [2.24, 2.45) is 0 Å². The van der Waals surface area contributed by atoms with Gasteiger partial charge in [-0.1, -0.05) is 30.7 Å². The molecule has 2 amide bonds. The van der Waals surface area contributed by atoms with Crippen molar-refractivity contribution in [1.82, 2.24) is 4.90 Å². The Labute approximate surface area is 171 Å². The van der Waals surface area contributed by atoms with E-state index in [-0.39, 0.29) is 25.4 Å². The summed E-state index contributed by atoms with van der Waals surface area (Å²) in [4.78, 5) is 26.0. The van der Waals surface area contributed by atoms with Gasteiger partial charge < -0.3 is 10.6 Å². The smallest absolute Gasteiger partial charge is 0.238 e. The molecule has 0 bridgehead atoms. The van der Waals surface area contributed by atoms with Gasteiger partial charge in [-0.05, 0) is 37.2 Å². The van der Waals surface area contributed by atoms with Crippen LogP contribution in [0.3, 0.4) is 0 Å². The number of anilines is 2. The van der Waals surface area contributed by atoms with E-state index in [9.17, 15) is 22.8 Å². The van der Waals surface area contributed by atoms with Crippen molar-refractivity contribution >= 4 is 34.8 Å². The summed E-state index contributed by atoms with van der Waals surface area (Å²) in [6, 6.07) is 8.50. The van der Waals surface area contributed by atoms with Crippen molar-refractivity contribution < 1.29 is 22.8 Å². The van der Waals surface area contributed by atoms with Crippen LogP contribution in [0.15, 0.2) is 36.4 Å². The molecule has 0 unspecified atom stereocenters. The zero-order chi connectivity index (χ0) is 21.4. The minimum absolute atomic E-state index is 0.109. The Bertz CT molecular complexity index is 880. The van der Waals surface area contributed by atoms with Crippen molar-refractivity contribution in [2.75, 3.05) is 30.3 Å². The molecule has 0 saturated heterocycles. The summed E-state index contributed by atoms with van der Waals surface area (Å²) < 4.78 is 40.0. The summed E-state index contributed by atoms with van der Waals surface area (Å²) in [5, 5.41) is 5.33.